The van der Waals surface area contributed by atoms with Crippen LogP contribution >= 0.6 is 11.3 Å². The standard InChI is InChI=1S/C19H22N8O8S4/c1-11-13(10-20)17(22-5-7-38(30,31)32)25-18(23-6-8-39(33,34)35-21)16(11)26-27-19-24-14-4-3-12(37(2,28)29)9-15(14)36-19/h3-4,9H,5-8,21H2,1-2H3,(H2,22,23,25)(H,30,31,32)/b27-26+. The van der Waals surface area contributed by atoms with Crippen molar-refractivity contribution in [1.82, 2.24) is 9.97 Å². The second kappa shape index (κ2) is 11.8. The molecule has 0 aliphatic heterocycles. The number of thiazole rings is 1. The van der Waals surface area contributed by atoms with Crippen LogP contribution in [0, 0.1) is 18.3 Å². The lowest BCUT2D eigenvalue weighted by atomic mass is 10.1. The number of hydrogen-bond donors (Lipinski definition) is 4. The van der Waals surface area contributed by atoms with Crippen LogP contribution in [-0.2, 0) is 34.4 Å². The Hall–Kier alpha value is -3.32. The van der Waals surface area contributed by atoms with E-state index in [1.165, 1.54) is 25.1 Å². The van der Waals surface area contributed by atoms with Crippen molar-refractivity contribution in [3.8, 4) is 6.07 Å². The van der Waals surface area contributed by atoms with Crippen LogP contribution in [0.15, 0.2) is 33.3 Å². The van der Waals surface area contributed by atoms with Crippen molar-refractivity contribution in [2.75, 3.05) is 41.5 Å². The Balaban J connectivity index is 2.02. The Morgan fingerprint density at radius 1 is 1.08 bits per heavy atom. The Labute approximate surface area is 227 Å². The first kappa shape index (κ1) is 30.2. The van der Waals surface area contributed by atoms with Gasteiger partial charge < -0.3 is 10.6 Å². The van der Waals surface area contributed by atoms with E-state index in [-0.39, 0.29) is 51.6 Å². The van der Waals surface area contributed by atoms with Crippen LogP contribution < -0.4 is 16.5 Å². The second-order valence-electron chi connectivity index (χ2n) is 7.87. The molecule has 0 unspecified atom stereocenters. The van der Waals surface area contributed by atoms with Crippen LogP contribution in [0.4, 0.5) is 22.5 Å². The highest BCUT2D eigenvalue weighted by molar-refractivity contribution is 7.90. The molecule has 0 fully saturated rings. The minimum Gasteiger partial charge on any atom is -0.368 e. The summed E-state index contributed by atoms with van der Waals surface area (Å²) in [6.07, 6.45) is 1.08. The van der Waals surface area contributed by atoms with Crippen molar-refractivity contribution >= 4 is 74.1 Å². The molecule has 16 nitrogen and oxygen atoms in total. The largest absolute Gasteiger partial charge is 0.368 e. The summed E-state index contributed by atoms with van der Waals surface area (Å²) in [7, 11) is -11.8. The number of nitrogens with one attached hydrogen (secondary N) is 2. The molecule has 3 rings (SSSR count). The number of rotatable bonds is 12. The van der Waals surface area contributed by atoms with E-state index >= 15 is 0 Å². The fourth-order valence-electron chi connectivity index (χ4n) is 3.10. The third kappa shape index (κ3) is 8.09. The predicted molar refractivity (Wildman–Crippen MR) is 143 cm³/mol. The molecule has 0 spiro atoms. The molecule has 3 aromatic rings. The summed E-state index contributed by atoms with van der Waals surface area (Å²) in [5, 5.41) is 23.5. The molecule has 0 saturated heterocycles. The van der Waals surface area contributed by atoms with Crippen molar-refractivity contribution in [2.24, 2.45) is 16.1 Å². The number of nitrogens with two attached hydrogens (primary N) is 1. The Kier molecular flexibility index (Phi) is 9.16. The molecule has 39 heavy (non-hydrogen) atoms. The SMILES string of the molecule is Cc1c(C#N)c(NCCS(=O)(=O)O)nc(NCCS(=O)(=O)ON)c1/N=N/c1nc2ccc(S(C)(=O)=O)cc2s1. The average molecular weight is 619 g/mol. The number of nitrogens with zero attached hydrogens (tertiary/aromatic N) is 5. The third-order valence-corrected chi connectivity index (χ3v) is 8.71. The molecule has 0 amide bonds. The summed E-state index contributed by atoms with van der Waals surface area (Å²) < 4.78 is 82.4. The molecule has 0 atom stereocenters. The van der Waals surface area contributed by atoms with Crippen LogP contribution in [0.1, 0.15) is 11.1 Å². The van der Waals surface area contributed by atoms with Gasteiger partial charge >= 0.3 is 0 Å². The maximum Gasteiger partial charge on any atom is 0.284 e. The average Bonchev–Trinajstić information content (AvgIpc) is 3.24. The number of pyridine rings is 1. The van der Waals surface area contributed by atoms with Crippen molar-refractivity contribution in [3.63, 3.8) is 0 Å². The lowest BCUT2D eigenvalue weighted by Crippen LogP contribution is -2.21. The summed E-state index contributed by atoms with van der Waals surface area (Å²) in [6, 6.07) is 6.35. The second-order valence-corrected chi connectivity index (χ2v) is 14.2. The molecular formula is C19H22N8O8S4. The number of benzene rings is 1. The van der Waals surface area contributed by atoms with Gasteiger partial charge in [-0.25, -0.2) is 18.4 Å². The van der Waals surface area contributed by atoms with Gasteiger partial charge in [0.2, 0.25) is 5.13 Å². The highest BCUT2D eigenvalue weighted by Crippen LogP contribution is 2.36. The first-order chi connectivity index (χ1) is 18.1. The normalized spacial score (nSPS) is 12.6. The Morgan fingerprint density at radius 3 is 2.36 bits per heavy atom. The van der Waals surface area contributed by atoms with Gasteiger partial charge in [0.05, 0.1) is 32.2 Å². The molecule has 0 aliphatic rings. The predicted octanol–water partition coefficient (Wildman–Crippen LogP) is 1.62. The molecule has 0 aliphatic carbocycles. The van der Waals surface area contributed by atoms with Crippen LogP contribution in [0.5, 0.6) is 0 Å². The monoisotopic (exact) mass is 618 g/mol. The number of hydrogen-bond acceptors (Lipinski definition) is 16. The third-order valence-electron chi connectivity index (χ3n) is 4.98. The molecule has 0 saturated carbocycles. The molecule has 5 N–H and O–H groups in total. The van der Waals surface area contributed by atoms with E-state index in [9.17, 15) is 30.5 Å². The number of fused-ring (bicyclic) bond motifs is 1. The zero-order chi connectivity index (χ0) is 29.0. The summed E-state index contributed by atoms with van der Waals surface area (Å²) in [6.45, 7) is 1.00. The van der Waals surface area contributed by atoms with Crippen LogP contribution in [0.2, 0.25) is 0 Å². The van der Waals surface area contributed by atoms with Crippen molar-refractivity contribution in [3.05, 3.63) is 29.3 Å². The molecular weight excluding hydrogens is 597 g/mol. The van der Waals surface area contributed by atoms with Crippen LogP contribution in [0.25, 0.3) is 10.2 Å². The lowest BCUT2D eigenvalue weighted by Gasteiger charge is -2.15. The van der Waals surface area contributed by atoms with E-state index in [2.05, 4.69) is 35.1 Å². The fourth-order valence-corrected chi connectivity index (χ4v) is 5.46. The number of azo groups is 1. The molecule has 2 aromatic heterocycles. The van der Waals surface area contributed by atoms with Crippen molar-refractivity contribution in [2.45, 2.75) is 11.8 Å². The maximum atomic E-state index is 11.8. The summed E-state index contributed by atoms with van der Waals surface area (Å²) in [4.78, 5) is 8.64. The van der Waals surface area contributed by atoms with E-state index in [4.69, 9.17) is 10.4 Å². The highest BCUT2D eigenvalue weighted by atomic mass is 32.2. The molecule has 20 heteroatoms. The lowest BCUT2D eigenvalue weighted by molar-refractivity contribution is 0.333. The highest BCUT2D eigenvalue weighted by Gasteiger charge is 2.19. The van der Waals surface area contributed by atoms with Gasteiger partial charge in [-0.2, -0.15) is 32.3 Å². The zero-order valence-corrected chi connectivity index (χ0v) is 23.6. The summed E-state index contributed by atoms with van der Waals surface area (Å²) in [5.74, 6) is 3.48. The zero-order valence-electron chi connectivity index (χ0n) is 20.3. The summed E-state index contributed by atoms with van der Waals surface area (Å²) >= 11 is 1.06. The first-order valence-corrected chi connectivity index (χ1v) is 16.5. The van der Waals surface area contributed by atoms with E-state index in [1.54, 1.807) is 0 Å². The molecule has 0 radical (unpaired) electrons. The smallest absolute Gasteiger partial charge is 0.284 e. The van der Waals surface area contributed by atoms with E-state index in [1.807, 2.05) is 6.07 Å². The van der Waals surface area contributed by atoms with Crippen LogP contribution in [0.3, 0.4) is 0 Å². The van der Waals surface area contributed by atoms with Crippen LogP contribution in [-0.4, -0.2) is 70.6 Å². The Bertz CT molecular complexity index is 1800. The topological polar surface area (TPSA) is 256 Å². The molecule has 0 bridgehead atoms. The quantitative estimate of drug-likeness (QED) is 0.128. The Morgan fingerprint density at radius 2 is 1.74 bits per heavy atom. The molecule has 1 aromatic carbocycles. The van der Waals surface area contributed by atoms with Gasteiger partial charge in [0.15, 0.2) is 15.7 Å². The van der Waals surface area contributed by atoms with Gasteiger partial charge in [-0.15, -0.1) is 10.2 Å². The first-order valence-electron chi connectivity index (χ1n) is 10.6. The number of sulfone groups is 1. The van der Waals surface area contributed by atoms with Gasteiger partial charge in [-0.3, -0.25) is 4.55 Å². The number of anilines is 2. The van der Waals surface area contributed by atoms with Gasteiger partial charge in [0.1, 0.15) is 17.6 Å². The van der Waals surface area contributed by atoms with Gasteiger partial charge in [0, 0.05) is 24.9 Å². The van der Waals surface area contributed by atoms with Gasteiger partial charge in [-0.1, -0.05) is 11.3 Å². The summed E-state index contributed by atoms with van der Waals surface area (Å²) in [5.41, 5.74) is 0.781. The van der Waals surface area contributed by atoms with Gasteiger partial charge in [-0.05, 0) is 25.1 Å². The van der Waals surface area contributed by atoms with E-state index in [0.29, 0.717) is 10.2 Å². The van der Waals surface area contributed by atoms with Crippen molar-refractivity contribution < 1.29 is 34.1 Å². The van der Waals surface area contributed by atoms with E-state index in [0.717, 1.165) is 17.6 Å². The fraction of sp³-hybridized carbons (Fsp3) is 0.316. The maximum absolute atomic E-state index is 11.8. The van der Waals surface area contributed by atoms with E-state index < -0.39 is 41.6 Å². The van der Waals surface area contributed by atoms with Crippen molar-refractivity contribution in [1.29, 1.82) is 5.26 Å². The molecule has 2 heterocycles. The number of aromatic nitrogens is 2. The minimum absolute atomic E-state index is 0.00940. The van der Waals surface area contributed by atoms with Gasteiger partial charge in [0.25, 0.3) is 20.2 Å². The molecule has 210 valence electrons. The minimum atomic E-state index is -4.29. The number of nitriles is 1.